The van der Waals surface area contributed by atoms with Gasteiger partial charge in [0.1, 0.15) is 6.26 Å². The highest BCUT2D eigenvalue weighted by molar-refractivity contribution is 7.88. The van der Waals surface area contributed by atoms with Crippen LogP contribution >= 0.6 is 0 Å². The van der Waals surface area contributed by atoms with Crippen molar-refractivity contribution >= 4 is 23.2 Å². The number of carbonyl (C=O) groups is 1. The van der Waals surface area contributed by atoms with Crippen molar-refractivity contribution in [3.8, 4) is 11.1 Å². The van der Waals surface area contributed by atoms with E-state index in [0.29, 0.717) is 12.4 Å². The molecule has 1 atom stereocenters. The molecule has 1 aromatic heterocycles. The predicted molar refractivity (Wildman–Crippen MR) is 77.3 cm³/mol. The minimum Gasteiger partial charge on any atom is -0.598 e. The summed E-state index contributed by atoms with van der Waals surface area (Å²) < 4.78 is 18.5. The summed E-state index contributed by atoms with van der Waals surface area (Å²) in [7, 11) is 0. The molecule has 106 valence electrons. The SMILES string of the molecule is C[S+]([O-])NCCC(=O)Nc1oncc1-c1ccccc1. The zero-order valence-electron chi connectivity index (χ0n) is 11.0. The first kappa shape index (κ1) is 14.6. The highest BCUT2D eigenvalue weighted by Crippen LogP contribution is 2.27. The lowest BCUT2D eigenvalue weighted by Crippen LogP contribution is -2.26. The quantitative estimate of drug-likeness (QED) is 0.789. The number of nitrogens with zero attached hydrogens (tertiary/aromatic N) is 1. The van der Waals surface area contributed by atoms with Crippen molar-refractivity contribution in [1.29, 1.82) is 0 Å². The van der Waals surface area contributed by atoms with Crippen LogP contribution in [-0.4, -0.2) is 28.4 Å². The van der Waals surface area contributed by atoms with Gasteiger partial charge in [0.2, 0.25) is 11.8 Å². The Hall–Kier alpha value is -1.83. The van der Waals surface area contributed by atoms with Crippen LogP contribution in [0.2, 0.25) is 0 Å². The topological polar surface area (TPSA) is 90.2 Å². The molecule has 1 aromatic carbocycles. The van der Waals surface area contributed by atoms with Crippen molar-refractivity contribution in [3.05, 3.63) is 36.5 Å². The Bertz CT molecular complexity index is 557. The Balaban J connectivity index is 1.97. The minimum absolute atomic E-state index is 0.203. The Morgan fingerprint density at radius 1 is 1.40 bits per heavy atom. The van der Waals surface area contributed by atoms with Gasteiger partial charge in [-0.25, -0.2) is 0 Å². The molecule has 0 saturated carbocycles. The number of rotatable bonds is 6. The third kappa shape index (κ3) is 4.09. The van der Waals surface area contributed by atoms with E-state index in [1.54, 1.807) is 6.20 Å². The molecule has 0 spiro atoms. The summed E-state index contributed by atoms with van der Waals surface area (Å²) in [6, 6.07) is 9.52. The van der Waals surface area contributed by atoms with Crippen molar-refractivity contribution in [2.45, 2.75) is 6.42 Å². The summed E-state index contributed by atoms with van der Waals surface area (Å²) in [5.74, 6) is 0.0932. The third-order valence-corrected chi connectivity index (χ3v) is 3.18. The monoisotopic (exact) mass is 293 g/mol. The van der Waals surface area contributed by atoms with Crippen molar-refractivity contribution in [3.63, 3.8) is 0 Å². The van der Waals surface area contributed by atoms with E-state index in [4.69, 9.17) is 4.52 Å². The number of amides is 1. The number of carbonyl (C=O) groups excluding carboxylic acids is 1. The van der Waals surface area contributed by atoms with Gasteiger partial charge in [0.25, 0.3) is 0 Å². The van der Waals surface area contributed by atoms with Gasteiger partial charge in [0.05, 0.1) is 18.3 Å². The van der Waals surface area contributed by atoms with Gasteiger partial charge in [-0.05, 0) is 5.56 Å². The third-order valence-electron chi connectivity index (χ3n) is 2.57. The molecule has 1 heterocycles. The van der Waals surface area contributed by atoms with Crippen LogP contribution in [0.4, 0.5) is 5.88 Å². The number of hydrogen-bond donors (Lipinski definition) is 2. The zero-order chi connectivity index (χ0) is 14.4. The van der Waals surface area contributed by atoms with Crippen molar-refractivity contribution in [2.75, 3.05) is 18.1 Å². The molecule has 1 amide bonds. The summed E-state index contributed by atoms with van der Waals surface area (Å²) in [5, 5.41) is 6.36. The van der Waals surface area contributed by atoms with E-state index in [2.05, 4.69) is 15.2 Å². The first-order valence-corrected chi connectivity index (χ1v) is 7.59. The molecule has 0 aliphatic rings. The molecule has 2 rings (SSSR count). The Morgan fingerprint density at radius 3 is 2.85 bits per heavy atom. The molecule has 6 nitrogen and oxygen atoms in total. The number of benzene rings is 1. The van der Waals surface area contributed by atoms with Crippen LogP contribution in [0.15, 0.2) is 41.1 Å². The van der Waals surface area contributed by atoms with E-state index in [0.717, 1.165) is 11.1 Å². The number of hydrogen-bond acceptors (Lipinski definition) is 5. The van der Waals surface area contributed by atoms with Crippen LogP contribution in [-0.2, 0) is 16.2 Å². The fourth-order valence-corrected chi connectivity index (χ4v) is 2.04. The van der Waals surface area contributed by atoms with Gasteiger partial charge in [0, 0.05) is 17.8 Å². The molecule has 0 bridgehead atoms. The lowest BCUT2D eigenvalue weighted by Gasteiger charge is -2.06. The van der Waals surface area contributed by atoms with Gasteiger partial charge < -0.3 is 9.08 Å². The van der Waals surface area contributed by atoms with Gasteiger partial charge in [-0.2, -0.15) is 0 Å². The van der Waals surface area contributed by atoms with Crippen LogP contribution in [0, 0.1) is 0 Å². The van der Waals surface area contributed by atoms with Crippen LogP contribution in [0.1, 0.15) is 6.42 Å². The summed E-state index contributed by atoms with van der Waals surface area (Å²) >= 11 is -1.12. The average molecular weight is 293 g/mol. The largest absolute Gasteiger partial charge is 0.598 e. The molecule has 2 N–H and O–H groups in total. The zero-order valence-corrected chi connectivity index (χ0v) is 11.8. The molecule has 0 fully saturated rings. The summed E-state index contributed by atoms with van der Waals surface area (Å²) in [5.41, 5.74) is 1.64. The van der Waals surface area contributed by atoms with Crippen LogP contribution in [0.5, 0.6) is 0 Å². The Morgan fingerprint density at radius 2 is 2.15 bits per heavy atom. The predicted octanol–water partition coefficient (Wildman–Crippen LogP) is 1.55. The van der Waals surface area contributed by atoms with E-state index in [1.807, 2.05) is 30.3 Å². The van der Waals surface area contributed by atoms with E-state index in [1.165, 1.54) is 6.26 Å². The molecule has 0 radical (unpaired) electrons. The van der Waals surface area contributed by atoms with E-state index in [9.17, 15) is 9.35 Å². The standard InChI is InChI=1S/C13H15N3O3S/c1-20(18)15-8-7-12(17)16-13-11(9-14-19-13)10-5-3-2-4-6-10/h2-6,9,15H,7-8H2,1H3,(H,16,17). The smallest absolute Gasteiger partial charge is 0.239 e. The summed E-state index contributed by atoms with van der Waals surface area (Å²) in [4.78, 5) is 11.7. The van der Waals surface area contributed by atoms with E-state index in [-0.39, 0.29) is 12.3 Å². The van der Waals surface area contributed by atoms with Crippen LogP contribution in [0.3, 0.4) is 0 Å². The Labute approximate surface area is 119 Å². The van der Waals surface area contributed by atoms with Gasteiger partial charge in [0.15, 0.2) is 0 Å². The Kier molecular flexibility index (Phi) is 5.16. The lowest BCUT2D eigenvalue weighted by atomic mass is 10.1. The average Bonchev–Trinajstić information content (AvgIpc) is 2.87. The highest BCUT2D eigenvalue weighted by Gasteiger charge is 2.13. The first-order chi connectivity index (χ1) is 9.66. The first-order valence-electron chi connectivity index (χ1n) is 6.03. The lowest BCUT2D eigenvalue weighted by molar-refractivity contribution is -0.116. The molecular weight excluding hydrogens is 278 g/mol. The molecule has 2 aromatic rings. The second-order valence-electron chi connectivity index (χ2n) is 4.08. The maximum absolute atomic E-state index is 11.7. The van der Waals surface area contributed by atoms with Crippen molar-refractivity contribution in [2.24, 2.45) is 0 Å². The molecule has 7 heteroatoms. The molecule has 0 aliphatic heterocycles. The maximum Gasteiger partial charge on any atom is 0.239 e. The van der Waals surface area contributed by atoms with Gasteiger partial charge in [-0.1, -0.05) is 35.5 Å². The highest BCUT2D eigenvalue weighted by atomic mass is 32.2. The van der Waals surface area contributed by atoms with E-state index < -0.39 is 11.4 Å². The molecular formula is C13H15N3O3S. The van der Waals surface area contributed by atoms with E-state index >= 15 is 0 Å². The van der Waals surface area contributed by atoms with Gasteiger partial charge in [-0.3, -0.25) is 10.1 Å². The fraction of sp³-hybridized carbons (Fsp3) is 0.231. The number of aromatic nitrogens is 1. The molecule has 0 aliphatic carbocycles. The minimum atomic E-state index is -1.12. The summed E-state index contributed by atoms with van der Waals surface area (Å²) in [6.45, 7) is 0.337. The number of anilines is 1. The van der Waals surface area contributed by atoms with Gasteiger partial charge in [-0.15, -0.1) is 4.72 Å². The van der Waals surface area contributed by atoms with Crippen LogP contribution in [0.25, 0.3) is 11.1 Å². The number of nitrogens with one attached hydrogen (secondary N) is 2. The molecule has 0 saturated heterocycles. The fourth-order valence-electron chi connectivity index (χ4n) is 1.65. The second kappa shape index (κ2) is 7.09. The van der Waals surface area contributed by atoms with Crippen LogP contribution < -0.4 is 10.0 Å². The van der Waals surface area contributed by atoms with Gasteiger partial charge >= 0.3 is 0 Å². The second-order valence-corrected chi connectivity index (χ2v) is 5.28. The summed E-state index contributed by atoms with van der Waals surface area (Å²) in [6.07, 6.45) is 3.28. The molecule has 20 heavy (non-hydrogen) atoms. The van der Waals surface area contributed by atoms with Crippen molar-refractivity contribution in [1.82, 2.24) is 9.88 Å². The maximum atomic E-state index is 11.7. The molecule has 1 unspecified atom stereocenters. The van der Waals surface area contributed by atoms with Crippen molar-refractivity contribution < 1.29 is 13.9 Å². The normalized spacial score (nSPS) is 12.1.